The molecule has 250 valence electrons. The van der Waals surface area contributed by atoms with Gasteiger partial charge < -0.3 is 25.9 Å². The number of anilines is 2. The largest absolute Gasteiger partial charge is 0.382 e. The molecule has 1 unspecified atom stereocenters. The minimum Gasteiger partial charge on any atom is -0.382 e. The van der Waals surface area contributed by atoms with Crippen LogP contribution in [0.15, 0.2) is 60.0 Å². The van der Waals surface area contributed by atoms with E-state index in [0.717, 1.165) is 36.4 Å². The minimum absolute atomic E-state index is 0. The van der Waals surface area contributed by atoms with Gasteiger partial charge in [0.1, 0.15) is 11.0 Å². The molecule has 1 aromatic heterocycles. The Morgan fingerprint density at radius 3 is 2.20 bits per heavy atom. The fraction of sp³-hybridized carbons (Fsp3) is 0.393. The van der Waals surface area contributed by atoms with Gasteiger partial charge >= 0.3 is 15.1 Å². The molecular weight excluding hydrogens is 708 g/mol. The Hall–Kier alpha value is -2.36. The maximum Gasteiger partial charge on any atom is 0.328 e. The topological polar surface area (TPSA) is 174 Å². The van der Waals surface area contributed by atoms with Crippen LogP contribution in [0.1, 0.15) is 35.6 Å². The zero-order valence-electron chi connectivity index (χ0n) is 24.4. The third-order valence-electron chi connectivity index (χ3n) is 6.72. The van der Waals surface area contributed by atoms with E-state index in [9.17, 15) is 23.3 Å². The first-order valence-corrected chi connectivity index (χ1v) is 17.2. The summed E-state index contributed by atoms with van der Waals surface area (Å²) in [5, 5.41) is 14.4. The van der Waals surface area contributed by atoms with Gasteiger partial charge in [-0.1, -0.05) is 23.5 Å². The summed E-state index contributed by atoms with van der Waals surface area (Å²) in [6, 6.07) is 14.2. The lowest BCUT2D eigenvalue weighted by Gasteiger charge is -2.23. The Labute approximate surface area is 289 Å². The number of nitrogens with one attached hydrogen (secondary N) is 1. The summed E-state index contributed by atoms with van der Waals surface area (Å²) in [5.74, 6) is 0.648. The lowest BCUT2D eigenvalue weighted by molar-refractivity contribution is -0.405. The molecule has 1 heterocycles. The van der Waals surface area contributed by atoms with Crippen LogP contribution < -0.4 is 25.9 Å². The van der Waals surface area contributed by atoms with E-state index in [1.807, 2.05) is 4.90 Å². The fourth-order valence-electron chi connectivity index (χ4n) is 4.43. The quantitative estimate of drug-likeness (QED) is 0.0567. The van der Waals surface area contributed by atoms with Crippen LogP contribution in [0.3, 0.4) is 0 Å². The van der Waals surface area contributed by atoms with Crippen molar-refractivity contribution in [2.24, 2.45) is 0 Å². The SMILES string of the molecule is Cl.Cl.[NH3+]CCCC[C@H]([NH3+])C(=O)Nc1ccc(CC(c2ccsc2[N+](=O)[O-])S(=O)(=O)Oc2ccc(N(CCCl)CCCl)cc2)cc1. The number of carbonyl (C=O) groups excluding carboxylic acids is 1. The van der Waals surface area contributed by atoms with E-state index >= 15 is 0 Å². The van der Waals surface area contributed by atoms with Crippen molar-refractivity contribution < 1.29 is 33.8 Å². The van der Waals surface area contributed by atoms with Gasteiger partial charge in [-0.25, -0.2) is 0 Å². The molecule has 45 heavy (non-hydrogen) atoms. The third-order valence-corrected chi connectivity index (χ3v) is 9.48. The maximum atomic E-state index is 13.6. The van der Waals surface area contributed by atoms with Gasteiger partial charge in [0.15, 0.2) is 6.04 Å². The monoisotopic (exact) mass is 745 g/mol. The Balaban J connectivity index is 0.00000506. The van der Waals surface area contributed by atoms with Crippen molar-refractivity contribution in [2.75, 3.05) is 41.6 Å². The van der Waals surface area contributed by atoms with Gasteiger partial charge in [-0.3, -0.25) is 14.9 Å². The highest BCUT2D eigenvalue weighted by molar-refractivity contribution is 7.87. The summed E-state index contributed by atoms with van der Waals surface area (Å²) in [6.07, 6.45) is 2.35. The summed E-state index contributed by atoms with van der Waals surface area (Å²) < 4.78 is 32.8. The maximum absolute atomic E-state index is 13.6. The Bertz CT molecular complexity index is 1440. The zero-order chi connectivity index (χ0) is 31.4. The second-order valence-electron chi connectivity index (χ2n) is 9.80. The molecule has 2 aromatic carbocycles. The van der Waals surface area contributed by atoms with Crippen LogP contribution in [0, 0.1) is 10.1 Å². The van der Waals surface area contributed by atoms with Crippen molar-refractivity contribution in [1.29, 1.82) is 0 Å². The van der Waals surface area contributed by atoms with Crippen LogP contribution >= 0.6 is 59.4 Å². The van der Waals surface area contributed by atoms with Crippen LogP contribution in [0.2, 0.25) is 0 Å². The number of unbranched alkanes of at least 4 members (excludes halogenated alkanes) is 1. The van der Waals surface area contributed by atoms with Gasteiger partial charge in [0, 0.05) is 42.6 Å². The summed E-state index contributed by atoms with van der Waals surface area (Å²) >= 11 is 12.6. The minimum atomic E-state index is -4.39. The Morgan fingerprint density at radius 2 is 1.64 bits per heavy atom. The van der Waals surface area contributed by atoms with Crippen molar-refractivity contribution in [3.63, 3.8) is 0 Å². The first-order chi connectivity index (χ1) is 20.6. The third kappa shape index (κ3) is 12.1. The lowest BCUT2D eigenvalue weighted by Crippen LogP contribution is -2.66. The molecule has 0 saturated carbocycles. The van der Waals surface area contributed by atoms with Crippen LogP contribution in [-0.4, -0.2) is 56.7 Å². The number of amides is 1. The van der Waals surface area contributed by atoms with Crippen LogP contribution in [0.4, 0.5) is 16.4 Å². The van der Waals surface area contributed by atoms with Crippen molar-refractivity contribution >= 4 is 91.8 Å². The molecular formula is C28H39Cl4N5O6S2+2. The number of benzene rings is 2. The number of carbonyl (C=O) groups is 1. The highest BCUT2D eigenvalue weighted by Crippen LogP contribution is 2.38. The Morgan fingerprint density at radius 1 is 1.02 bits per heavy atom. The second kappa shape index (κ2) is 20.0. The number of alkyl halides is 2. The van der Waals surface area contributed by atoms with Gasteiger partial charge in [-0.15, -0.1) is 48.0 Å². The van der Waals surface area contributed by atoms with Crippen molar-refractivity contribution in [2.45, 2.75) is 37.0 Å². The molecule has 0 radical (unpaired) electrons. The molecule has 0 saturated heterocycles. The molecule has 0 aliphatic rings. The molecule has 3 aromatic rings. The number of nitrogens with zero attached hydrogens (tertiary/aromatic N) is 2. The van der Waals surface area contributed by atoms with E-state index in [0.29, 0.717) is 42.5 Å². The summed E-state index contributed by atoms with van der Waals surface area (Å²) in [7, 11) is -4.39. The number of thiophene rings is 1. The predicted molar refractivity (Wildman–Crippen MR) is 185 cm³/mol. The van der Waals surface area contributed by atoms with Crippen LogP contribution in [0.25, 0.3) is 0 Å². The highest BCUT2D eigenvalue weighted by atomic mass is 35.5. The molecule has 1 amide bonds. The van der Waals surface area contributed by atoms with E-state index in [1.54, 1.807) is 36.4 Å². The zero-order valence-corrected chi connectivity index (χ0v) is 29.2. The molecule has 0 bridgehead atoms. The van der Waals surface area contributed by atoms with E-state index in [2.05, 4.69) is 16.8 Å². The molecule has 7 N–H and O–H groups in total. The molecule has 0 spiro atoms. The first-order valence-electron chi connectivity index (χ1n) is 13.7. The number of nitro groups is 1. The van der Waals surface area contributed by atoms with Crippen molar-refractivity contribution in [3.05, 3.63) is 81.2 Å². The van der Waals surface area contributed by atoms with Crippen molar-refractivity contribution in [3.8, 4) is 5.75 Å². The number of hydrogen-bond acceptors (Lipinski definition) is 8. The number of rotatable bonds is 18. The second-order valence-corrected chi connectivity index (χ2v) is 13.2. The first kappa shape index (κ1) is 40.7. The predicted octanol–water partition coefficient (Wildman–Crippen LogP) is 4.44. The number of hydrogen-bond donors (Lipinski definition) is 3. The Kier molecular flexibility index (Phi) is 18.1. The molecule has 0 aliphatic carbocycles. The number of quaternary nitrogens is 2. The lowest BCUT2D eigenvalue weighted by atomic mass is 10.0. The van der Waals surface area contributed by atoms with E-state index in [-0.39, 0.29) is 53.5 Å². The molecule has 2 atom stereocenters. The standard InChI is InChI=1S/C28H35Cl2N5O6S2.2ClH/c29-13-16-34(17-14-30)22-8-10-23(11-9-22)41-43(39,40)26(24-12-18-42-28(24)35(37)38)19-20-4-6-21(7-5-20)33-27(36)25(32)3-1-2-15-31;;/h4-12,18,25-26H,1-3,13-17,19,31-32H2,(H,33,36);2*1H/p+2/t25-,26?;;/m0../s1. The average molecular weight is 748 g/mol. The van der Waals surface area contributed by atoms with Gasteiger partial charge in [0.25, 0.3) is 5.91 Å². The summed E-state index contributed by atoms with van der Waals surface area (Å²) in [4.78, 5) is 25.6. The summed E-state index contributed by atoms with van der Waals surface area (Å²) in [5.41, 5.74) is 9.69. The fourth-order valence-corrected chi connectivity index (χ4v) is 7.08. The normalized spacial score (nSPS) is 12.3. The van der Waals surface area contributed by atoms with Gasteiger partial charge in [-0.2, -0.15) is 8.42 Å². The molecule has 0 fully saturated rings. The van der Waals surface area contributed by atoms with E-state index in [4.69, 9.17) is 27.4 Å². The molecule has 17 heteroatoms. The molecule has 11 nitrogen and oxygen atoms in total. The van der Waals surface area contributed by atoms with Gasteiger partial charge in [0.05, 0.1) is 17.0 Å². The van der Waals surface area contributed by atoms with E-state index < -0.39 is 26.3 Å². The smallest absolute Gasteiger partial charge is 0.328 e. The number of halogens is 4. The van der Waals surface area contributed by atoms with E-state index in [1.165, 1.54) is 23.6 Å². The van der Waals surface area contributed by atoms with Gasteiger partial charge in [0.2, 0.25) is 0 Å². The summed E-state index contributed by atoms with van der Waals surface area (Å²) in [6.45, 7) is 1.93. The van der Waals surface area contributed by atoms with Crippen LogP contribution in [-0.2, 0) is 21.3 Å². The molecule has 0 aliphatic heterocycles. The van der Waals surface area contributed by atoms with Gasteiger partial charge in [-0.05, 0) is 72.7 Å². The average Bonchev–Trinajstić information content (AvgIpc) is 3.47. The van der Waals surface area contributed by atoms with Crippen molar-refractivity contribution in [1.82, 2.24) is 0 Å². The van der Waals surface area contributed by atoms with Crippen LogP contribution in [0.5, 0.6) is 5.75 Å². The highest BCUT2D eigenvalue weighted by Gasteiger charge is 2.36. The molecule has 3 rings (SSSR count).